The summed E-state index contributed by atoms with van der Waals surface area (Å²) in [5.74, 6) is 0.213. The molecule has 18 heavy (non-hydrogen) atoms. The molecule has 0 amide bonds. The average Bonchev–Trinajstić information content (AvgIpc) is 2.40. The topological polar surface area (TPSA) is 20.2 Å². The molecule has 0 aliphatic heterocycles. The highest BCUT2D eigenvalue weighted by atomic mass is 35.5. The van der Waals surface area contributed by atoms with Gasteiger partial charge in [-0.2, -0.15) is 0 Å². The molecule has 1 nitrogen and oxygen atoms in total. The summed E-state index contributed by atoms with van der Waals surface area (Å²) < 4.78 is 0. The molecule has 0 aliphatic carbocycles. The second kappa shape index (κ2) is 4.35. The van der Waals surface area contributed by atoms with Crippen molar-refractivity contribution in [2.45, 2.75) is 0 Å². The summed E-state index contributed by atoms with van der Waals surface area (Å²) in [5, 5.41) is 12.7. The van der Waals surface area contributed by atoms with Gasteiger partial charge in [0.05, 0.1) is 5.02 Å². The minimum atomic E-state index is 0.213. The molecule has 0 spiro atoms. The summed E-state index contributed by atoms with van der Waals surface area (Å²) in [5.41, 5.74) is 1.82. The zero-order chi connectivity index (χ0) is 12.5. The van der Waals surface area contributed by atoms with E-state index >= 15 is 0 Å². The Morgan fingerprint density at radius 2 is 1.39 bits per heavy atom. The summed E-state index contributed by atoms with van der Waals surface area (Å²) in [4.78, 5) is 0. The van der Waals surface area contributed by atoms with E-state index in [2.05, 4.69) is 0 Å². The molecule has 1 N–H and O–H groups in total. The van der Waals surface area contributed by atoms with Crippen LogP contribution in [0.3, 0.4) is 0 Å². The van der Waals surface area contributed by atoms with E-state index < -0.39 is 0 Å². The molecule has 3 aromatic carbocycles. The van der Waals surface area contributed by atoms with Crippen molar-refractivity contribution in [3.63, 3.8) is 0 Å². The Kier molecular flexibility index (Phi) is 2.69. The predicted octanol–water partition coefficient (Wildman–Crippen LogP) is 4.87. The fraction of sp³-hybridized carbons (Fsp3) is 0. The molecule has 3 rings (SSSR count). The van der Waals surface area contributed by atoms with Crippen LogP contribution in [-0.2, 0) is 0 Å². The van der Waals surface area contributed by atoms with Crippen LogP contribution in [0.5, 0.6) is 5.75 Å². The van der Waals surface area contributed by atoms with Gasteiger partial charge in [-0.05, 0) is 17.0 Å². The summed E-state index contributed by atoms with van der Waals surface area (Å²) >= 11 is 6.16. The van der Waals surface area contributed by atoms with E-state index in [-0.39, 0.29) is 5.75 Å². The fourth-order valence-electron chi connectivity index (χ4n) is 2.23. The van der Waals surface area contributed by atoms with Gasteiger partial charge in [0.1, 0.15) is 5.75 Å². The second-order valence-corrected chi connectivity index (χ2v) is 4.57. The molecule has 0 saturated carbocycles. The number of phenolic OH excluding ortho intramolecular Hbond substituents is 1. The van der Waals surface area contributed by atoms with Gasteiger partial charge in [0.2, 0.25) is 0 Å². The number of hydrogen-bond donors (Lipinski definition) is 1. The number of aromatic hydroxyl groups is 1. The summed E-state index contributed by atoms with van der Waals surface area (Å²) in [6.45, 7) is 0. The minimum Gasteiger partial charge on any atom is -0.507 e. The van der Waals surface area contributed by atoms with Gasteiger partial charge >= 0.3 is 0 Å². The molecule has 3 aromatic rings. The molecule has 0 radical (unpaired) electrons. The highest BCUT2D eigenvalue weighted by Gasteiger charge is 2.11. The Balaban J connectivity index is 2.42. The monoisotopic (exact) mass is 254 g/mol. The van der Waals surface area contributed by atoms with Crippen molar-refractivity contribution in [3.8, 4) is 16.9 Å². The molecule has 0 fully saturated rings. The predicted molar refractivity (Wildman–Crippen MR) is 76.1 cm³/mol. The average molecular weight is 255 g/mol. The van der Waals surface area contributed by atoms with Crippen LogP contribution in [0.25, 0.3) is 21.9 Å². The molecule has 2 heteroatoms. The van der Waals surface area contributed by atoms with Crippen molar-refractivity contribution >= 4 is 22.4 Å². The van der Waals surface area contributed by atoms with E-state index in [0.717, 1.165) is 21.9 Å². The number of halogens is 1. The smallest absolute Gasteiger partial charge is 0.125 e. The fourth-order valence-corrected chi connectivity index (χ4v) is 2.49. The second-order valence-electron chi connectivity index (χ2n) is 4.16. The first kappa shape index (κ1) is 11.1. The Morgan fingerprint density at radius 3 is 2.11 bits per heavy atom. The zero-order valence-electron chi connectivity index (χ0n) is 9.60. The molecule has 0 bridgehead atoms. The van der Waals surface area contributed by atoms with Gasteiger partial charge in [-0.15, -0.1) is 0 Å². The van der Waals surface area contributed by atoms with E-state index in [1.165, 1.54) is 0 Å². The normalized spacial score (nSPS) is 10.7. The van der Waals surface area contributed by atoms with Crippen molar-refractivity contribution in [1.29, 1.82) is 0 Å². The number of phenols is 1. The maximum absolute atomic E-state index is 10.2. The van der Waals surface area contributed by atoms with Crippen molar-refractivity contribution in [2.75, 3.05) is 0 Å². The lowest BCUT2D eigenvalue weighted by molar-refractivity contribution is 0.478. The molecular formula is C16H11ClO. The van der Waals surface area contributed by atoms with Crippen molar-refractivity contribution in [2.24, 2.45) is 0 Å². The van der Waals surface area contributed by atoms with Crippen LogP contribution in [0.2, 0.25) is 5.02 Å². The molecule has 0 heterocycles. The van der Waals surface area contributed by atoms with Crippen LogP contribution in [0.15, 0.2) is 60.7 Å². The molecule has 0 unspecified atom stereocenters. The lowest BCUT2D eigenvalue weighted by atomic mass is 9.97. The molecule has 88 valence electrons. The number of hydrogen-bond acceptors (Lipinski definition) is 1. The molecule has 0 aromatic heterocycles. The number of rotatable bonds is 1. The number of benzene rings is 3. The van der Waals surface area contributed by atoms with E-state index in [4.69, 9.17) is 11.6 Å². The maximum atomic E-state index is 10.2. The van der Waals surface area contributed by atoms with E-state index in [9.17, 15) is 5.11 Å². The van der Waals surface area contributed by atoms with Crippen LogP contribution in [0, 0.1) is 0 Å². The Labute approximate surface area is 110 Å². The quantitative estimate of drug-likeness (QED) is 0.657. The van der Waals surface area contributed by atoms with Gasteiger partial charge in [-0.1, -0.05) is 66.2 Å². The van der Waals surface area contributed by atoms with Crippen LogP contribution >= 0.6 is 11.6 Å². The molecule has 0 aliphatic rings. The van der Waals surface area contributed by atoms with Crippen molar-refractivity contribution in [1.82, 2.24) is 0 Å². The summed E-state index contributed by atoms with van der Waals surface area (Å²) in [6.07, 6.45) is 0. The SMILES string of the molecule is Oc1cc(Cl)c2ccccc2c1-c1ccccc1. The van der Waals surface area contributed by atoms with Gasteiger partial charge in [0.25, 0.3) is 0 Å². The van der Waals surface area contributed by atoms with Crippen molar-refractivity contribution in [3.05, 3.63) is 65.7 Å². The van der Waals surface area contributed by atoms with Gasteiger partial charge in [0, 0.05) is 10.9 Å². The first-order valence-corrected chi connectivity index (χ1v) is 6.11. The standard InChI is InChI=1S/C16H11ClO/c17-14-10-15(18)16(11-6-2-1-3-7-11)13-9-5-4-8-12(13)14/h1-10,18H. The van der Waals surface area contributed by atoms with Crippen LogP contribution in [-0.4, -0.2) is 5.11 Å². The van der Waals surface area contributed by atoms with E-state index in [0.29, 0.717) is 5.02 Å². The maximum Gasteiger partial charge on any atom is 0.125 e. The Morgan fingerprint density at radius 1 is 0.778 bits per heavy atom. The van der Waals surface area contributed by atoms with Crippen LogP contribution in [0.1, 0.15) is 0 Å². The lowest BCUT2D eigenvalue weighted by Gasteiger charge is -2.10. The largest absolute Gasteiger partial charge is 0.507 e. The first-order chi connectivity index (χ1) is 8.77. The van der Waals surface area contributed by atoms with Crippen LogP contribution < -0.4 is 0 Å². The highest BCUT2D eigenvalue weighted by molar-refractivity contribution is 6.36. The Hall–Kier alpha value is -1.99. The zero-order valence-corrected chi connectivity index (χ0v) is 10.4. The van der Waals surface area contributed by atoms with E-state index in [1.54, 1.807) is 6.07 Å². The highest BCUT2D eigenvalue weighted by Crippen LogP contribution is 2.39. The third kappa shape index (κ3) is 1.73. The third-order valence-corrected chi connectivity index (χ3v) is 3.35. The molecule has 0 atom stereocenters. The molecule has 0 saturated heterocycles. The summed E-state index contributed by atoms with van der Waals surface area (Å²) in [6, 6.07) is 19.3. The van der Waals surface area contributed by atoms with Gasteiger partial charge < -0.3 is 5.11 Å². The third-order valence-electron chi connectivity index (χ3n) is 3.04. The first-order valence-electron chi connectivity index (χ1n) is 5.73. The van der Waals surface area contributed by atoms with Gasteiger partial charge in [0.15, 0.2) is 0 Å². The molecular weight excluding hydrogens is 244 g/mol. The summed E-state index contributed by atoms with van der Waals surface area (Å²) in [7, 11) is 0. The lowest BCUT2D eigenvalue weighted by Crippen LogP contribution is -1.83. The number of fused-ring (bicyclic) bond motifs is 1. The Bertz CT molecular complexity index is 705. The van der Waals surface area contributed by atoms with Gasteiger partial charge in [-0.3, -0.25) is 0 Å². The van der Waals surface area contributed by atoms with E-state index in [1.807, 2.05) is 54.6 Å². The minimum absolute atomic E-state index is 0.213. The van der Waals surface area contributed by atoms with Crippen LogP contribution in [0.4, 0.5) is 0 Å². The van der Waals surface area contributed by atoms with Gasteiger partial charge in [-0.25, -0.2) is 0 Å². The van der Waals surface area contributed by atoms with Crippen molar-refractivity contribution < 1.29 is 5.11 Å².